The minimum absolute atomic E-state index is 0.505. The predicted octanol–water partition coefficient (Wildman–Crippen LogP) is 3.07. The molecule has 0 bridgehead atoms. The van der Waals surface area contributed by atoms with E-state index in [-0.39, 0.29) is 0 Å². The van der Waals surface area contributed by atoms with E-state index in [0.29, 0.717) is 0 Å². The summed E-state index contributed by atoms with van der Waals surface area (Å²) < 4.78 is 36.6. The fraction of sp³-hybridized carbons (Fsp3) is 0.0714. The molecule has 0 aliphatic rings. The lowest BCUT2D eigenvalue weighted by Crippen LogP contribution is -2.18. The molecule has 0 aromatic heterocycles. The second-order valence-corrected chi connectivity index (χ2v) is 3.82. The summed E-state index contributed by atoms with van der Waals surface area (Å²) in [6.07, 6.45) is -4.54. The third kappa shape index (κ3) is 4.64. The number of carbonyl (C=O) groups is 1. The van der Waals surface area contributed by atoms with Gasteiger partial charge in [-0.2, -0.15) is 13.2 Å². The number of benzene rings is 2. The topological polar surface area (TPSA) is 69.1 Å². The van der Waals surface area contributed by atoms with Crippen molar-refractivity contribution in [3.63, 3.8) is 0 Å². The molecule has 2 aromatic carbocycles. The fourth-order valence-corrected chi connectivity index (χ4v) is 1.40. The number of hydrogen-bond acceptors (Lipinski definition) is 2. The van der Waals surface area contributed by atoms with Gasteiger partial charge in [-0.3, -0.25) is 4.79 Å². The zero-order valence-electron chi connectivity index (χ0n) is 10.4. The molecule has 0 atom stereocenters. The van der Waals surface area contributed by atoms with E-state index in [4.69, 9.17) is 11.5 Å². The standard InChI is InChI=1S/C8H6F3NO.C6H7N/c9-8(10,11)6-4-2-1-3-5(6)7(12)13;7-6-4-2-1-3-5-6/h1-4H,(H2,12,13);1-5H,7H2. The smallest absolute Gasteiger partial charge is 0.399 e. The van der Waals surface area contributed by atoms with E-state index in [9.17, 15) is 18.0 Å². The van der Waals surface area contributed by atoms with Crippen LogP contribution < -0.4 is 11.5 Å². The highest BCUT2D eigenvalue weighted by molar-refractivity contribution is 5.94. The minimum atomic E-state index is -4.54. The van der Waals surface area contributed by atoms with Crippen LogP contribution in [0.3, 0.4) is 0 Å². The largest absolute Gasteiger partial charge is 0.417 e. The highest BCUT2D eigenvalue weighted by Gasteiger charge is 2.34. The van der Waals surface area contributed by atoms with Crippen molar-refractivity contribution in [3.8, 4) is 0 Å². The zero-order chi connectivity index (χ0) is 15.2. The number of carbonyl (C=O) groups excluding carboxylic acids is 1. The van der Waals surface area contributed by atoms with Crippen LogP contribution >= 0.6 is 0 Å². The normalized spacial score (nSPS) is 10.3. The molecule has 3 nitrogen and oxygen atoms in total. The van der Waals surface area contributed by atoms with Crippen LogP contribution in [0.15, 0.2) is 54.6 Å². The number of para-hydroxylation sites is 1. The number of nitrogens with two attached hydrogens (primary N) is 2. The van der Waals surface area contributed by atoms with Gasteiger partial charge in [0, 0.05) is 5.69 Å². The summed E-state index contributed by atoms with van der Waals surface area (Å²) in [6, 6.07) is 13.9. The molecule has 2 rings (SSSR count). The lowest BCUT2D eigenvalue weighted by Gasteiger charge is -2.09. The molecule has 6 heteroatoms. The van der Waals surface area contributed by atoms with Crippen LogP contribution in [0, 0.1) is 0 Å². The van der Waals surface area contributed by atoms with E-state index in [1.54, 1.807) is 0 Å². The van der Waals surface area contributed by atoms with Crippen molar-refractivity contribution in [3.05, 3.63) is 65.7 Å². The maximum Gasteiger partial charge on any atom is 0.417 e. The Kier molecular flexibility index (Phi) is 5.14. The summed E-state index contributed by atoms with van der Waals surface area (Å²) in [5.41, 5.74) is 9.45. The summed E-state index contributed by atoms with van der Waals surface area (Å²) in [6.45, 7) is 0. The Morgan fingerprint density at radius 2 is 1.40 bits per heavy atom. The molecule has 0 fully saturated rings. The Labute approximate surface area is 114 Å². The first-order chi connectivity index (χ1) is 9.32. The molecular formula is C14H13F3N2O. The monoisotopic (exact) mass is 282 g/mol. The van der Waals surface area contributed by atoms with Gasteiger partial charge in [0.1, 0.15) is 0 Å². The second kappa shape index (κ2) is 6.60. The number of amides is 1. The molecule has 0 unspecified atom stereocenters. The summed E-state index contributed by atoms with van der Waals surface area (Å²) in [5, 5.41) is 0. The molecule has 0 radical (unpaired) electrons. The first-order valence-electron chi connectivity index (χ1n) is 5.59. The van der Waals surface area contributed by atoms with Gasteiger partial charge >= 0.3 is 6.18 Å². The van der Waals surface area contributed by atoms with Crippen LogP contribution in [0.2, 0.25) is 0 Å². The average molecular weight is 282 g/mol. The Hall–Kier alpha value is -2.50. The Morgan fingerprint density at radius 3 is 1.75 bits per heavy atom. The van der Waals surface area contributed by atoms with Crippen molar-refractivity contribution in [2.45, 2.75) is 6.18 Å². The van der Waals surface area contributed by atoms with Crippen LogP contribution in [0.4, 0.5) is 18.9 Å². The quantitative estimate of drug-likeness (QED) is 0.789. The van der Waals surface area contributed by atoms with E-state index in [2.05, 4.69) is 0 Å². The first-order valence-corrected chi connectivity index (χ1v) is 5.59. The number of anilines is 1. The van der Waals surface area contributed by atoms with Crippen LogP contribution in [-0.2, 0) is 6.18 Å². The molecule has 20 heavy (non-hydrogen) atoms. The first kappa shape index (κ1) is 15.6. The molecular weight excluding hydrogens is 269 g/mol. The number of rotatable bonds is 1. The van der Waals surface area contributed by atoms with Crippen molar-refractivity contribution in [2.24, 2.45) is 5.73 Å². The third-order valence-electron chi connectivity index (χ3n) is 2.30. The molecule has 0 saturated carbocycles. The van der Waals surface area contributed by atoms with Gasteiger partial charge < -0.3 is 11.5 Å². The van der Waals surface area contributed by atoms with Gasteiger partial charge in [0.25, 0.3) is 0 Å². The Morgan fingerprint density at radius 1 is 0.900 bits per heavy atom. The molecule has 0 heterocycles. The number of hydrogen-bond donors (Lipinski definition) is 2. The number of primary amides is 1. The Bertz CT molecular complexity index is 568. The number of halogens is 3. The molecule has 106 valence electrons. The van der Waals surface area contributed by atoms with Crippen molar-refractivity contribution >= 4 is 11.6 Å². The van der Waals surface area contributed by atoms with Crippen molar-refractivity contribution < 1.29 is 18.0 Å². The van der Waals surface area contributed by atoms with Crippen LogP contribution in [-0.4, -0.2) is 5.91 Å². The van der Waals surface area contributed by atoms with Crippen LogP contribution in [0.25, 0.3) is 0 Å². The van der Waals surface area contributed by atoms with Gasteiger partial charge in [0.15, 0.2) is 0 Å². The molecule has 1 amide bonds. The summed E-state index contributed by atoms with van der Waals surface area (Å²) in [4.78, 5) is 10.6. The lowest BCUT2D eigenvalue weighted by molar-refractivity contribution is -0.137. The average Bonchev–Trinajstić information content (AvgIpc) is 2.39. The van der Waals surface area contributed by atoms with Gasteiger partial charge in [-0.15, -0.1) is 0 Å². The van der Waals surface area contributed by atoms with E-state index in [1.807, 2.05) is 30.3 Å². The molecule has 0 aliphatic carbocycles. The molecule has 0 spiro atoms. The maximum absolute atomic E-state index is 12.2. The highest BCUT2D eigenvalue weighted by atomic mass is 19.4. The molecule has 0 aliphatic heterocycles. The predicted molar refractivity (Wildman–Crippen MR) is 70.8 cm³/mol. The SMILES string of the molecule is NC(=O)c1ccccc1C(F)(F)F.Nc1ccccc1. The van der Waals surface area contributed by atoms with Crippen molar-refractivity contribution in [2.75, 3.05) is 5.73 Å². The number of nitrogen functional groups attached to an aromatic ring is 1. The van der Waals surface area contributed by atoms with Gasteiger partial charge in [0.05, 0.1) is 11.1 Å². The Balaban J connectivity index is 0.000000240. The van der Waals surface area contributed by atoms with Crippen molar-refractivity contribution in [1.82, 2.24) is 0 Å². The lowest BCUT2D eigenvalue weighted by atomic mass is 10.1. The third-order valence-corrected chi connectivity index (χ3v) is 2.30. The summed E-state index contributed by atoms with van der Waals surface area (Å²) in [7, 11) is 0. The molecule has 0 saturated heterocycles. The van der Waals surface area contributed by atoms with E-state index >= 15 is 0 Å². The van der Waals surface area contributed by atoms with E-state index in [1.165, 1.54) is 12.1 Å². The van der Waals surface area contributed by atoms with Crippen molar-refractivity contribution in [1.29, 1.82) is 0 Å². The van der Waals surface area contributed by atoms with E-state index < -0.39 is 23.2 Å². The summed E-state index contributed by atoms with van der Waals surface area (Å²) >= 11 is 0. The van der Waals surface area contributed by atoms with Gasteiger partial charge in [-0.1, -0.05) is 30.3 Å². The van der Waals surface area contributed by atoms with Gasteiger partial charge in [0.2, 0.25) is 5.91 Å². The van der Waals surface area contributed by atoms with Gasteiger partial charge in [-0.05, 0) is 24.3 Å². The van der Waals surface area contributed by atoms with Gasteiger partial charge in [-0.25, -0.2) is 0 Å². The van der Waals surface area contributed by atoms with Crippen LogP contribution in [0.5, 0.6) is 0 Å². The van der Waals surface area contributed by atoms with Crippen LogP contribution in [0.1, 0.15) is 15.9 Å². The maximum atomic E-state index is 12.2. The second-order valence-electron chi connectivity index (χ2n) is 3.82. The minimum Gasteiger partial charge on any atom is -0.399 e. The fourth-order valence-electron chi connectivity index (χ4n) is 1.40. The highest BCUT2D eigenvalue weighted by Crippen LogP contribution is 2.31. The zero-order valence-corrected chi connectivity index (χ0v) is 10.4. The van der Waals surface area contributed by atoms with E-state index in [0.717, 1.165) is 17.8 Å². The molecule has 2 aromatic rings. The summed E-state index contributed by atoms with van der Waals surface area (Å²) in [5.74, 6) is -1.08. The number of alkyl halides is 3. The molecule has 4 N–H and O–H groups in total.